The monoisotopic (exact) mass is 474 g/mol. The Labute approximate surface area is 199 Å². The maximum Gasteiger partial charge on any atom is 0.247 e. The predicted octanol–water partition coefficient (Wildman–Crippen LogP) is 3.22. The first-order valence-electron chi connectivity index (χ1n) is 10.1. The third kappa shape index (κ3) is 4.97. The molecule has 4 heterocycles. The van der Waals surface area contributed by atoms with Gasteiger partial charge in [0.2, 0.25) is 11.9 Å². The fourth-order valence-corrected chi connectivity index (χ4v) is 3.84. The van der Waals surface area contributed by atoms with Crippen LogP contribution in [-0.2, 0) is 17.9 Å². The van der Waals surface area contributed by atoms with Gasteiger partial charge in [0.15, 0.2) is 5.82 Å². The Balaban J connectivity index is 0.00000289. The van der Waals surface area contributed by atoms with Crippen LogP contribution in [0.3, 0.4) is 0 Å². The second-order valence-electron chi connectivity index (χ2n) is 7.99. The van der Waals surface area contributed by atoms with E-state index in [0.717, 1.165) is 22.8 Å². The molecule has 1 aliphatic heterocycles. The van der Waals surface area contributed by atoms with Gasteiger partial charge in [-0.25, -0.2) is 4.98 Å². The number of hydrogen-bond acceptors (Lipinski definition) is 7. The van der Waals surface area contributed by atoms with Crippen LogP contribution in [0, 0.1) is 12.8 Å². The summed E-state index contributed by atoms with van der Waals surface area (Å²) < 4.78 is 1.82. The second kappa shape index (κ2) is 9.74. The van der Waals surface area contributed by atoms with E-state index in [-0.39, 0.29) is 31.4 Å². The number of pyridine rings is 1. The largest absolute Gasteiger partial charge is 0.350 e. The molecule has 9 nitrogen and oxygen atoms in total. The van der Waals surface area contributed by atoms with Crippen LogP contribution >= 0.6 is 25.1 Å². The van der Waals surface area contributed by atoms with E-state index in [1.165, 1.54) is 0 Å². The Morgan fingerprint density at radius 3 is 2.72 bits per heavy atom. The second-order valence-corrected chi connectivity index (χ2v) is 8.42. The van der Waals surface area contributed by atoms with Crippen LogP contribution in [0.1, 0.15) is 30.8 Å². The predicted molar refractivity (Wildman–Crippen MR) is 131 cm³/mol. The number of carbonyl (C=O) groups is 1. The summed E-state index contributed by atoms with van der Waals surface area (Å²) in [4.78, 5) is 27.9. The van der Waals surface area contributed by atoms with Crippen LogP contribution < -0.4 is 15.5 Å². The van der Waals surface area contributed by atoms with Crippen molar-refractivity contribution in [3.63, 3.8) is 0 Å². The Morgan fingerprint density at radius 1 is 1.25 bits per heavy atom. The number of halogens is 1. The van der Waals surface area contributed by atoms with Crippen LogP contribution in [-0.4, -0.2) is 43.7 Å². The number of hydrogen-bond donors (Lipinski definition) is 2. The molecular formula is C21H27ClN8OS. The highest BCUT2D eigenvalue weighted by atomic mass is 35.5. The van der Waals surface area contributed by atoms with Gasteiger partial charge in [-0.05, 0) is 25.0 Å². The molecular weight excluding hydrogens is 448 g/mol. The molecule has 0 radical (unpaired) electrons. The van der Waals surface area contributed by atoms with Crippen LogP contribution in [0.15, 0.2) is 30.7 Å². The Kier molecular flexibility index (Phi) is 7.25. The van der Waals surface area contributed by atoms with Crippen molar-refractivity contribution in [2.75, 3.05) is 22.6 Å². The maximum atomic E-state index is 12.5. The number of fused-ring (bicyclic) bond motifs is 1. The summed E-state index contributed by atoms with van der Waals surface area (Å²) >= 11 is 5.88. The first kappa shape index (κ1) is 23.8. The van der Waals surface area contributed by atoms with Crippen LogP contribution in [0.5, 0.6) is 0 Å². The van der Waals surface area contributed by atoms with Gasteiger partial charge in [0.05, 0.1) is 29.2 Å². The molecule has 3 aromatic rings. The molecule has 0 bridgehead atoms. The molecule has 11 heteroatoms. The molecule has 1 atom stereocenters. The minimum Gasteiger partial charge on any atom is -0.350 e. The van der Waals surface area contributed by atoms with E-state index in [0.29, 0.717) is 29.7 Å². The highest BCUT2D eigenvalue weighted by Crippen LogP contribution is 2.34. The summed E-state index contributed by atoms with van der Waals surface area (Å²) in [7, 11) is 1.90. The zero-order valence-electron chi connectivity index (χ0n) is 18.4. The van der Waals surface area contributed by atoms with Gasteiger partial charge in [-0.1, -0.05) is 25.4 Å². The molecule has 0 aromatic carbocycles. The molecule has 0 unspecified atom stereocenters. The van der Waals surface area contributed by atoms with Crippen molar-refractivity contribution in [3.8, 4) is 0 Å². The van der Waals surface area contributed by atoms with Crippen molar-refractivity contribution < 1.29 is 4.79 Å². The molecule has 0 aliphatic carbocycles. The number of aryl methyl sites for hydroxylation is 1. The van der Waals surface area contributed by atoms with Crippen molar-refractivity contribution in [3.05, 3.63) is 52.7 Å². The first-order chi connectivity index (χ1) is 14.8. The Morgan fingerprint density at radius 2 is 2.03 bits per heavy atom. The minimum absolute atomic E-state index is 0. The fraction of sp³-hybridized carbons (Fsp3) is 0.381. The number of anilines is 3. The van der Waals surface area contributed by atoms with Crippen LogP contribution in [0.4, 0.5) is 17.5 Å². The van der Waals surface area contributed by atoms with Crippen molar-refractivity contribution in [1.29, 1.82) is 0 Å². The molecule has 3 aromatic heterocycles. The number of amides is 1. The van der Waals surface area contributed by atoms with Gasteiger partial charge < -0.3 is 15.5 Å². The van der Waals surface area contributed by atoms with E-state index >= 15 is 0 Å². The summed E-state index contributed by atoms with van der Waals surface area (Å²) in [5, 5.41) is 11.2. The number of rotatable bonds is 6. The highest BCUT2D eigenvalue weighted by Gasteiger charge is 2.35. The van der Waals surface area contributed by atoms with E-state index in [4.69, 9.17) is 11.6 Å². The lowest BCUT2D eigenvalue weighted by Crippen LogP contribution is -2.49. The van der Waals surface area contributed by atoms with Gasteiger partial charge in [-0.3, -0.25) is 14.5 Å². The maximum absolute atomic E-state index is 12.5. The molecule has 4 rings (SSSR count). The SMILES string of the molecule is Cc1nc(NCc2cnn(Cc3ccc(Cl)cn3)c2)nc2c1NC(=O)[C@H](C(C)C)N2C.S. The fourth-order valence-electron chi connectivity index (χ4n) is 3.72. The van der Waals surface area contributed by atoms with E-state index in [9.17, 15) is 4.79 Å². The Hall–Kier alpha value is -2.85. The molecule has 0 saturated heterocycles. The summed E-state index contributed by atoms with van der Waals surface area (Å²) in [6, 6.07) is 3.43. The van der Waals surface area contributed by atoms with E-state index in [1.807, 2.05) is 55.7 Å². The lowest BCUT2D eigenvalue weighted by atomic mass is 9.99. The summed E-state index contributed by atoms with van der Waals surface area (Å²) in [6.45, 7) is 7.00. The number of nitrogens with zero attached hydrogens (tertiary/aromatic N) is 6. The molecule has 1 amide bonds. The molecule has 32 heavy (non-hydrogen) atoms. The molecule has 0 saturated carbocycles. The van der Waals surface area contributed by atoms with Crippen molar-refractivity contribution >= 4 is 48.5 Å². The lowest BCUT2D eigenvalue weighted by molar-refractivity contribution is -0.118. The third-order valence-electron chi connectivity index (χ3n) is 5.22. The van der Waals surface area contributed by atoms with E-state index in [1.54, 1.807) is 12.4 Å². The van der Waals surface area contributed by atoms with E-state index < -0.39 is 0 Å². The molecule has 0 fully saturated rings. The van der Waals surface area contributed by atoms with E-state index in [2.05, 4.69) is 30.7 Å². The van der Waals surface area contributed by atoms with Crippen LogP contribution in [0.25, 0.3) is 0 Å². The lowest BCUT2D eigenvalue weighted by Gasteiger charge is -2.36. The first-order valence-corrected chi connectivity index (χ1v) is 10.5. The topological polar surface area (TPSA) is 101 Å². The Bertz CT molecular complexity index is 1100. The minimum atomic E-state index is -0.269. The standard InChI is InChI=1S/C21H25ClN8O.H2S/c1-12(2)18-20(31)27-17-13(3)26-21(28-19(17)29(18)4)24-7-14-8-25-30(10-14)11-16-6-5-15(22)9-23-16;/h5-6,8-10,12,18H,7,11H2,1-4H3,(H,27,31)(H,24,26,28);1H2/t18-;/m0./s1. The van der Waals surface area contributed by atoms with Gasteiger partial charge >= 0.3 is 0 Å². The molecule has 1 aliphatic rings. The number of carbonyl (C=O) groups excluding carboxylic acids is 1. The average molecular weight is 475 g/mol. The van der Waals surface area contributed by atoms with Gasteiger partial charge in [-0.2, -0.15) is 23.6 Å². The van der Waals surface area contributed by atoms with Gasteiger partial charge in [0.1, 0.15) is 11.7 Å². The average Bonchev–Trinajstić information content (AvgIpc) is 3.16. The summed E-state index contributed by atoms with van der Waals surface area (Å²) in [5.74, 6) is 1.36. The van der Waals surface area contributed by atoms with Gasteiger partial charge in [0.25, 0.3) is 0 Å². The van der Waals surface area contributed by atoms with Gasteiger partial charge in [0, 0.05) is 31.5 Å². The normalized spacial score (nSPS) is 15.2. The van der Waals surface area contributed by atoms with Crippen molar-refractivity contribution in [2.45, 2.75) is 39.9 Å². The van der Waals surface area contributed by atoms with Gasteiger partial charge in [-0.15, -0.1) is 0 Å². The number of likely N-dealkylation sites (N-methyl/N-ethyl adjacent to an activating group) is 1. The van der Waals surface area contributed by atoms with Crippen LogP contribution in [0.2, 0.25) is 5.02 Å². The number of aromatic nitrogens is 5. The third-order valence-corrected chi connectivity index (χ3v) is 5.44. The molecule has 0 spiro atoms. The van der Waals surface area contributed by atoms with Crippen molar-refractivity contribution in [1.82, 2.24) is 24.7 Å². The smallest absolute Gasteiger partial charge is 0.247 e. The number of nitrogens with one attached hydrogen (secondary N) is 2. The molecule has 2 N–H and O–H groups in total. The van der Waals surface area contributed by atoms with Crippen molar-refractivity contribution in [2.24, 2.45) is 5.92 Å². The zero-order valence-corrected chi connectivity index (χ0v) is 20.2. The summed E-state index contributed by atoms with van der Waals surface area (Å²) in [5.41, 5.74) is 3.26. The highest BCUT2D eigenvalue weighted by molar-refractivity contribution is 7.59. The quantitative estimate of drug-likeness (QED) is 0.565. The summed E-state index contributed by atoms with van der Waals surface area (Å²) in [6.07, 6.45) is 5.38. The molecule has 170 valence electrons. The zero-order chi connectivity index (χ0) is 22.1.